The van der Waals surface area contributed by atoms with Gasteiger partial charge < -0.3 is 48.2 Å². The van der Waals surface area contributed by atoms with Crippen LogP contribution in [0.5, 0.6) is 23.0 Å². The Labute approximate surface area is 718 Å². The number of carbonyl (C=O) groups excluding carboxylic acids is 1. The summed E-state index contributed by atoms with van der Waals surface area (Å²) in [6.45, 7) is 23.0. The fraction of sp³-hybridized carbons (Fsp3) is 0.676. The van der Waals surface area contributed by atoms with Crippen molar-refractivity contribution in [3.05, 3.63) is 143 Å². The molecule has 5 aromatic rings. The first-order chi connectivity index (χ1) is 58.2. The first kappa shape index (κ1) is 83.5. The molecule has 15 nitrogen and oxygen atoms in total. The summed E-state index contributed by atoms with van der Waals surface area (Å²) in [5.74, 6) is 17.9. The smallest absolute Gasteiger partial charge is 0.412 e. The van der Waals surface area contributed by atoms with Crippen LogP contribution in [-0.2, 0) is 11.2 Å². The first-order valence-corrected chi connectivity index (χ1v) is 48.3. The number of para-hydroxylation sites is 5. The number of ether oxygens (including phenoxy) is 5. The molecule has 15 unspecified atom stereocenters. The largest absolute Gasteiger partial charge is 0.496 e. The van der Waals surface area contributed by atoms with E-state index < -0.39 is 5.72 Å². The number of halogens is 2. The number of methoxy groups -OCH3 is 4. The minimum absolute atomic E-state index is 0.0916. The highest BCUT2D eigenvalue weighted by molar-refractivity contribution is 6.30. The number of piperazine rings is 3. The van der Waals surface area contributed by atoms with Gasteiger partial charge in [0.15, 0.2) is 5.72 Å². The number of carbonyl (C=O) groups is 1. The zero-order valence-corrected chi connectivity index (χ0v) is 73.9. The Morgan fingerprint density at radius 3 is 1.55 bits per heavy atom. The molecule has 8 saturated heterocycles. The molecule has 8 aliphatic heterocycles. The summed E-state index contributed by atoms with van der Waals surface area (Å²) in [6, 6.07) is 39.0. The Morgan fingerprint density at radius 1 is 0.462 bits per heavy atom. The average molecular weight is 1650 g/mol. The lowest BCUT2D eigenvalue weighted by Crippen LogP contribution is -2.52. The van der Waals surface area contributed by atoms with E-state index in [9.17, 15) is 9.18 Å². The highest BCUT2D eigenvalue weighted by Gasteiger charge is 2.54. The van der Waals surface area contributed by atoms with Crippen molar-refractivity contribution in [1.29, 1.82) is 0 Å². The van der Waals surface area contributed by atoms with E-state index in [2.05, 4.69) is 131 Å². The van der Waals surface area contributed by atoms with Crippen LogP contribution in [0.15, 0.2) is 121 Å². The Hall–Kier alpha value is -6.43. The Balaban J connectivity index is 0.000000103. The van der Waals surface area contributed by atoms with Crippen LogP contribution in [0.4, 0.5) is 31.9 Å². The van der Waals surface area contributed by atoms with Gasteiger partial charge in [-0.05, 0) is 302 Å². The van der Waals surface area contributed by atoms with Crippen molar-refractivity contribution in [1.82, 2.24) is 24.5 Å². The minimum atomic E-state index is -0.543. The number of fused-ring (bicyclic) bond motifs is 9. The quantitative estimate of drug-likeness (QED) is 0.0931. The number of aryl methyl sites for hydroxylation is 1. The Bertz CT molecular complexity index is 4190. The molecular formula is C102H143ClFN9O6. The lowest BCUT2D eigenvalue weighted by molar-refractivity contribution is -0.104. The molecule has 18 fully saturated rings. The van der Waals surface area contributed by atoms with Crippen LogP contribution >= 0.6 is 11.6 Å². The maximum absolute atomic E-state index is 13.6. The normalized spacial score (nSPS) is 34.9. The van der Waals surface area contributed by atoms with Gasteiger partial charge in [0.25, 0.3) is 0 Å². The van der Waals surface area contributed by atoms with Crippen molar-refractivity contribution in [2.45, 2.75) is 217 Å². The molecule has 0 aromatic heterocycles. The van der Waals surface area contributed by atoms with Crippen molar-refractivity contribution < 1.29 is 32.9 Å². The van der Waals surface area contributed by atoms with Gasteiger partial charge in [0.2, 0.25) is 0 Å². The Kier molecular flexibility index (Phi) is 26.3. The van der Waals surface area contributed by atoms with Crippen LogP contribution in [0.1, 0.15) is 191 Å². The molecule has 119 heavy (non-hydrogen) atoms. The van der Waals surface area contributed by atoms with Gasteiger partial charge >= 0.3 is 6.09 Å². The fourth-order valence-electron chi connectivity index (χ4n) is 27.5. The molecule has 24 rings (SSSR count). The topological polar surface area (TPSA) is 92.4 Å². The van der Waals surface area contributed by atoms with Crippen LogP contribution in [0.25, 0.3) is 0 Å². The van der Waals surface area contributed by atoms with E-state index in [-0.39, 0.29) is 11.9 Å². The van der Waals surface area contributed by atoms with E-state index in [1.54, 1.807) is 79.1 Å². The lowest BCUT2D eigenvalue weighted by Gasteiger charge is -2.43. The van der Waals surface area contributed by atoms with E-state index >= 15 is 0 Å². The highest BCUT2D eigenvalue weighted by atomic mass is 35.5. The van der Waals surface area contributed by atoms with Gasteiger partial charge in [-0.15, -0.1) is 0 Å². The van der Waals surface area contributed by atoms with Gasteiger partial charge in [0, 0.05) is 159 Å². The zero-order valence-electron chi connectivity index (χ0n) is 73.2. The number of amides is 1. The summed E-state index contributed by atoms with van der Waals surface area (Å²) >= 11 is 6.29. The number of nitrogens with zero attached hydrogens (tertiary/aromatic N) is 9. The number of anilines is 4. The van der Waals surface area contributed by atoms with E-state index in [4.69, 9.17) is 35.3 Å². The third-order valence-corrected chi connectivity index (χ3v) is 34.0. The summed E-state index contributed by atoms with van der Waals surface area (Å²) in [5.41, 5.74) is 7.05. The zero-order chi connectivity index (χ0) is 81.3. The maximum Gasteiger partial charge on any atom is 0.412 e. The van der Waals surface area contributed by atoms with Crippen LogP contribution < -0.4 is 38.5 Å². The van der Waals surface area contributed by atoms with E-state index in [0.717, 1.165) is 232 Å². The number of allylic oxidation sites excluding steroid dienone is 2. The highest BCUT2D eigenvalue weighted by Crippen LogP contribution is 2.62. The van der Waals surface area contributed by atoms with Crippen LogP contribution in [-0.4, -0.2) is 200 Å². The summed E-state index contributed by atoms with van der Waals surface area (Å²) < 4.78 is 41.9. The molecular weight excluding hydrogens is 1500 g/mol. The minimum Gasteiger partial charge on any atom is -0.496 e. The van der Waals surface area contributed by atoms with E-state index in [1.165, 1.54) is 164 Å². The molecule has 10 saturated carbocycles. The molecule has 19 aliphatic rings. The van der Waals surface area contributed by atoms with Crippen molar-refractivity contribution in [3.8, 4) is 23.0 Å². The number of rotatable bonds is 15. The van der Waals surface area contributed by atoms with E-state index in [0.29, 0.717) is 23.9 Å². The monoisotopic (exact) mass is 1640 g/mol. The maximum atomic E-state index is 13.6. The fourth-order valence-corrected chi connectivity index (χ4v) is 27.7. The number of hydrogen-bond acceptors (Lipinski definition) is 14. The second-order valence-corrected chi connectivity index (χ2v) is 40.5. The molecule has 17 heteroatoms. The average Bonchev–Trinajstić information content (AvgIpc) is 1.61. The van der Waals surface area contributed by atoms with Crippen molar-refractivity contribution >= 4 is 40.4 Å². The molecule has 12 bridgehead atoms. The molecule has 1 amide bonds. The van der Waals surface area contributed by atoms with Gasteiger partial charge in [-0.3, -0.25) is 19.6 Å². The molecule has 0 radical (unpaired) electrons. The van der Waals surface area contributed by atoms with E-state index in [1.807, 2.05) is 30.3 Å². The number of piperidine rings is 1. The van der Waals surface area contributed by atoms with Gasteiger partial charge in [0.05, 0.1) is 45.5 Å². The van der Waals surface area contributed by atoms with Gasteiger partial charge in [0.1, 0.15) is 28.8 Å². The molecule has 0 spiro atoms. The van der Waals surface area contributed by atoms with Crippen LogP contribution in [0.2, 0.25) is 5.02 Å². The number of benzene rings is 5. The van der Waals surface area contributed by atoms with Crippen molar-refractivity contribution in [3.63, 3.8) is 0 Å². The molecule has 11 aliphatic carbocycles. The lowest BCUT2D eigenvalue weighted by atomic mass is 9.62. The summed E-state index contributed by atoms with van der Waals surface area (Å²) in [7, 11) is 6.93. The number of hydrogen-bond donors (Lipinski definition) is 0. The third-order valence-electron chi connectivity index (χ3n) is 33.8. The van der Waals surface area contributed by atoms with Crippen molar-refractivity contribution in [2.75, 3.05) is 159 Å². The van der Waals surface area contributed by atoms with Crippen LogP contribution in [0.3, 0.4) is 0 Å². The van der Waals surface area contributed by atoms with Gasteiger partial charge in [-0.25, -0.2) is 9.18 Å². The summed E-state index contributed by atoms with van der Waals surface area (Å²) in [5, 5.41) is 0.848. The predicted molar refractivity (Wildman–Crippen MR) is 481 cm³/mol. The predicted octanol–water partition coefficient (Wildman–Crippen LogP) is 20.1. The van der Waals surface area contributed by atoms with Crippen molar-refractivity contribution in [2.24, 2.45) is 82.9 Å². The summed E-state index contributed by atoms with van der Waals surface area (Å²) in [4.78, 5) is 35.5. The van der Waals surface area contributed by atoms with Gasteiger partial charge in [-0.1, -0.05) is 98.8 Å². The molecule has 0 N–H and O–H groups in total. The van der Waals surface area contributed by atoms with Gasteiger partial charge in [-0.2, -0.15) is 0 Å². The Morgan fingerprint density at radius 2 is 0.983 bits per heavy atom. The first-order valence-electron chi connectivity index (χ1n) is 47.9. The SMILES string of the molecule is CCc1ccccc1N1CCN(C2CC3CCC2C3)CC1.COc1ccc(Cl)cc1C1CCC(C2C3CCC(CC3)CC3CC32)CC1.COc1ccc(F)cc1N1CCN(C2CC3CCC2C3)CC1.COc1ccccc1N1CCN(CC2CC3C=CC2C3)CC1.COc1ccccc1N1CCN2CC3CC4CCC(C3)N4C(=O)OC2(C)CC1. The molecule has 8 heterocycles. The van der Waals surface area contributed by atoms with Crippen LogP contribution in [0, 0.1) is 88.7 Å². The molecule has 5 aromatic carbocycles. The third kappa shape index (κ3) is 18.6. The standard InChI is InChI=1S/C24H33ClO.C22H31N3O3.C19H26N2O.C19H28N2.C18H25FN2O/c1-26-23-11-10-20(25)14-21(23)16-6-8-18(9-7-16)24-17-4-2-15(3-5-17)12-19-13-22(19)24;1-22-9-10-23(19-5-3-4-6-20(19)27-2)11-12-24(22)15-16-13-17-7-8-18(14-16)25(17)21(26)28-22;1-22-19-5-3-2-4-18(19)21-10-8-20(9-11-21)14-17-13-15-6-7-16(17)12-15;1-2-16-5-3-4-6-18(16)20-9-11-21(12-10-20)19-14-15-7-8-17(19)13-15;1-22-18-5-4-15(19)12-17(18)21-8-6-20(7-9-21)16-11-13-2-3-14(16)10-13/h10-11,14-19,22,24H,2-9,12-13H2,1H3;3-6,16-18H,7-15H2,1-2H3;2-7,15-17H,8-14H2,1H3;3-6,15,17,19H,2,7-14H2,1H3;4-5,12-14,16H,2-3,6-11H2,1H3. The second-order valence-electron chi connectivity index (χ2n) is 40.1. The molecule has 15 atom stereocenters. The summed E-state index contributed by atoms with van der Waals surface area (Å²) in [6.07, 6.45) is 40.8. The molecule has 646 valence electrons. The second kappa shape index (κ2) is 37.6.